The molecule has 0 radical (unpaired) electrons. The molecule has 0 amide bonds. The average molecular weight is 298 g/mol. The van der Waals surface area contributed by atoms with Crippen molar-refractivity contribution in [3.63, 3.8) is 0 Å². The largest absolute Gasteiger partial charge is 0.380 e. The first kappa shape index (κ1) is 15.4. The van der Waals surface area contributed by atoms with Crippen LogP contribution in [0.2, 0.25) is 0 Å². The maximum Gasteiger partial charge on any atom is 0.240 e. The monoisotopic (exact) mass is 298 g/mol. The zero-order valence-corrected chi connectivity index (χ0v) is 12.7. The van der Waals surface area contributed by atoms with E-state index in [-0.39, 0.29) is 6.04 Å². The number of sulfonamides is 1. The molecule has 1 aliphatic heterocycles. The van der Waals surface area contributed by atoms with Crippen molar-refractivity contribution in [2.45, 2.75) is 43.4 Å². The summed E-state index contributed by atoms with van der Waals surface area (Å²) < 4.78 is 32.6. The standard InChI is InChI=1S/C14H22N2O3S/c1-11-8-13(6-7-15-11)16-20(17,18)14-5-3-4-12(9-14)10-19-2/h3-5,9,11,13,15-16H,6-8,10H2,1-2H3. The number of hydrogen-bond acceptors (Lipinski definition) is 4. The van der Waals surface area contributed by atoms with Crippen LogP contribution in [0.5, 0.6) is 0 Å². The summed E-state index contributed by atoms with van der Waals surface area (Å²) in [6, 6.07) is 7.23. The van der Waals surface area contributed by atoms with Gasteiger partial charge in [-0.3, -0.25) is 0 Å². The van der Waals surface area contributed by atoms with Gasteiger partial charge in [0.25, 0.3) is 0 Å². The summed E-state index contributed by atoms with van der Waals surface area (Å²) in [6.07, 6.45) is 1.64. The van der Waals surface area contributed by atoms with Gasteiger partial charge < -0.3 is 10.1 Å². The number of benzene rings is 1. The van der Waals surface area contributed by atoms with E-state index in [1.165, 1.54) is 0 Å². The predicted octanol–water partition coefficient (Wildman–Crippen LogP) is 1.25. The molecule has 1 heterocycles. The molecule has 1 fully saturated rings. The molecule has 1 aromatic carbocycles. The SMILES string of the molecule is COCc1cccc(S(=O)(=O)NC2CCNC(C)C2)c1. The lowest BCUT2D eigenvalue weighted by Gasteiger charge is -2.28. The maximum atomic E-state index is 12.4. The summed E-state index contributed by atoms with van der Waals surface area (Å²) in [4.78, 5) is 0.304. The van der Waals surface area contributed by atoms with E-state index < -0.39 is 10.0 Å². The van der Waals surface area contributed by atoms with Crippen molar-refractivity contribution in [1.82, 2.24) is 10.0 Å². The quantitative estimate of drug-likeness (QED) is 0.858. The number of hydrogen-bond donors (Lipinski definition) is 2. The summed E-state index contributed by atoms with van der Waals surface area (Å²) >= 11 is 0. The van der Waals surface area contributed by atoms with E-state index >= 15 is 0 Å². The van der Waals surface area contributed by atoms with Gasteiger partial charge in [-0.1, -0.05) is 12.1 Å². The molecule has 2 N–H and O–H groups in total. The molecule has 1 saturated heterocycles. The van der Waals surface area contributed by atoms with Gasteiger partial charge in [-0.25, -0.2) is 13.1 Å². The first-order valence-corrected chi connectivity index (χ1v) is 8.33. The van der Waals surface area contributed by atoms with Gasteiger partial charge in [0.2, 0.25) is 10.0 Å². The molecule has 2 rings (SSSR count). The molecule has 2 atom stereocenters. The fourth-order valence-electron chi connectivity index (χ4n) is 2.50. The summed E-state index contributed by atoms with van der Waals surface area (Å²) in [6.45, 7) is 3.32. The highest BCUT2D eigenvalue weighted by Gasteiger charge is 2.24. The molecule has 0 aliphatic carbocycles. The summed E-state index contributed by atoms with van der Waals surface area (Å²) in [5.74, 6) is 0. The third-order valence-electron chi connectivity index (χ3n) is 3.47. The Kier molecular flexibility index (Phi) is 5.15. The Labute approximate surface area is 120 Å². The number of rotatable bonds is 5. The molecule has 0 bridgehead atoms. The van der Waals surface area contributed by atoms with Gasteiger partial charge >= 0.3 is 0 Å². The molecule has 112 valence electrons. The van der Waals surface area contributed by atoms with E-state index in [1.54, 1.807) is 25.3 Å². The van der Waals surface area contributed by atoms with Crippen LogP contribution in [0.3, 0.4) is 0 Å². The Morgan fingerprint density at radius 1 is 1.45 bits per heavy atom. The van der Waals surface area contributed by atoms with Gasteiger partial charge in [-0.15, -0.1) is 0 Å². The van der Waals surface area contributed by atoms with Crippen LogP contribution in [0.4, 0.5) is 0 Å². The van der Waals surface area contributed by atoms with Gasteiger partial charge in [0.05, 0.1) is 11.5 Å². The molecule has 20 heavy (non-hydrogen) atoms. The van der Waals surface area contributed by atoms with E-state index in [0.29, 0.717) is 17.5 Å². The van der Waals surface area contributed by atoms with Crippen LogP contribution in [-0.2, 0) is 21.4 Å². The Balaban J connectivity index is 2.11. The molecule has 0 aromatic heterocycles. The fraction of sp³-hybridized carbons (Fsp3) is 0.571. The molecule has 0 saturated carbocycles. The topological polar surface area (TPSA) is 67.4 Å². The first-order chi connectivity index (χ1) is 9.51. The van der Waals surface area contributed by atoms with Gasteiger partial charge in [-0.2, -0.15) is 0 Å². The maximum absolute atomic E-state index is 12.4. The minimum Gasteiger partial charge on any atom is -0.380 e. The highest BCUT2D eigenvalue weighted by molar-refractivity contribution is 7.89. The van der Waals surface area contributed by atoms with Gasteiger partial charge in [0, 0.05) is 19.2 Å². The van der Waals surface area contributed by atoms with Crippen molar-refractivity contribution in [3.8, 4) is 0 Å². The van der Waals surface area contributed by atoms with Crippen molar-refractivity contribution < 1.29 is 13.2 Å². The normalized spacial score (nSPS) is 23.7. The summed E-state index contributed by atoms with van der Waals surface area (Å²) in [7, 11) is -1.86. The summed E-state index contributed by atoms with van der Waals surface area (Å²) in [5, 5.41) is 3.31. The zero-order chi connectivity index (χ0) is 14.6. The van der Waals surface area contributed by atoms with Crippen LogP contribution in [0.1, 0.15) is 25.3 Å². The Hall–Kier alpha value is -0.950. The van der Waals surface area contributed by atoms with Crippen LogP contribution < -0.4 is 10.0 Å². The van der Waals surface area contributed by atoms with Crippen molar-refractivity contribution in [3.05, 3.63) is 29.8 Å². The first-order valence-electron chi connectivity index (χ1n) is 6.85. The third kappa shape index (κ3) is 4.02. The molecule has 6 heteroatoms. The zero-order valence-electron chi connectivity index (χ0n) is 11.9. The number of methoxy groups -OCH3 is 1. The molecule has 0 spiro atoms. The molecule has 1 aliphatic rings. The average Bonchev–Trinajstić information content (AvgIpc) is 2.39. The van der Waals surface area contributed by atoms with Crippen molar-refractivity contribution in [1.29, 1.82) is 0 Å². The minimum atomic E-state index is -3.46. The summed E-state index contributed by atoms with van der Waals surface area (Å²) in [5.41, 5.74) is 0.856. The molecule has 5 nitrogen and oxygen atoms in total. The van der Waals surface area contributed by atoms with Crippen LogP contribution in [0.15, 0.2) is 29.2 Å². The highest BCUT2D eigenvalue weighted by Crippen LogP contribution is 2.16. The third-order valence-corrected chi connectivity index (χ3v) is 4.98. The second-order valence-corrected chi connectivity index (χ2v) is 6.99. The minimum absolute atomic E-state index is 0.00216. The Bertz CT molecular complexity index is 545. The molecule has 2 unspecified atom stereocenters. The Morgan fingerprint density at radius 3 is 2.95 bits per heavy atom. The second-order valence-electron chi connectivity index (χ2n) is 5.28. The van der Waals surface area contributed by atoms with Crippen LogP contribution in [0, 0.1) is 0 Å². The van der Waals surface area contributed by atoms with E-state index in [9.17, 15) is 8.42 Å². The molecular weight excluding hydrogens is 276 g/mol. The second kappa shape index (κ2) is 6.67. The van der Waals surface area contributed by atoms with E-state index in [0.717, 1.165) is 24.9 Å². The number of piperidine rings is 1. The lowest BCUT2D eigenvalue weighted by atomic mass is 10.0. The van der Waals surface area contributed by atoms with Crippen molar-refractivity contribution >= 4 is 10.0 Å². The Morgan fingerprint density at radius 2 is 2.25 bits per heavy atom. The van der Waals surface area contributed by atoms with Crippen molar-refractivity contribution in [2.24, 2.45) is 0 Å². The van der Waals surface area contributed by atoms with Crippen LogP contribution in [-0.4, -0.2) is 34.2 Å². The lowest BCUT2D eigenvalue weighted by Crippen LogP contribution is -2.46. The number of ether oxygens (including phenoxy) is 1. The van der Waals surface area contributed by atoms with E-state index in [4.69, 9.17) is 4.74 Å². The number of nitrogens with one attached hydrogen (secondary N) is 2. The van der Waals surface area contributed by atoms with Crippen molar-refractivity contribution in [2.75, 3.05) is 13.7 Å². The molecule has 1 aromatic rings. The fourth-order valence-corrected chi connectivity index (χ4v) is 3.85. The molecular formula is C14H22N2O3S. The van der Waals surface area contributed by atoms with Gasteiger partial charge in [0.15, 0.2) is 0 Å². The smallest absolute Gasteiger partial charge is 0.240 e. The van der Waals surface area contributed by atoms with E-state index in [1.807, 2.05) is 6.07 Å². The van der Waals surface area contributed by atoms with E-state index in [2.05, 4.69) is 17.0 Å². The lowest BCUT2D eigenvalue weighted by molar-refractivity contribution is 0.184. The van der Waals surface area contributed by atoms with Crippen LogP contribution in [0.25, 0.3) is 0 Å². The highest BCUT2D eigenvalue weighted by atomic mass is 32.2. The van der Waals surface area contributed by atoms with Gasteiger partial charge in [-0.05, 0) is 44.0 Å². The van der Waals surface area contributed by atoms with Crippen LogP contribution >= 0.6 is 0 Å². The van der Waals surface area contributed by atoms with Gasteiger partial charge in [0.1, 0.15) is 0 Å². The predicted molar refractivity (Wildman–Crippen MR) is 78.0 cm³/mol.